The number of benzene rings is 3. The first-order valence-electron chi connectivity index (χ1n) is 9.01. The fraction of sp³-hybridized carbons (Fsp3) is 0.0435. The van der Waals surface area contributed by atoms with Crippen molar-refractivity contribution in [2.75, 3.05) is 5.32 Å². The molecule has 1 amide bonds. The Bertz CT molecular complexity index is 1190. The van der Waals surface area contributed by atoms with Crippen molar-refractivity contribution in [3.8, 4) is 16.9 Å². The molecule has 4 rings (SSSR count). The Labute approximate surface area is 182 Å². The predicted octanol–water partition coefficient (Wildman–Crippen LogP) is 6.52. The third kappa shape index (κ3) is 4.11. The van der Waals surface area contributed by atoms with Gasteiger partial charge < -0.3 is 5.32 Å². The maximum Gasteiger partial charge on any atom is 0.256 e. The van der Waals surface area contributed by atoms with Gasteiger partial charge in [-0.2, -0.15) is 5.10 Å². The van der Waals surface area contributed by atoms with Gasteiger partial charge in [-0.15, -0.1) is 0 Å². The van der Waals surface area contributed by atoms with E-state index >= 15 is 0 Å². The van der Waals surface area contributed by atoms with Crippen molar-refractivity contribution in [3.05, 3.63) is 99.5 Å². The summed E-state index contributed by atoms with van der Waals surface area (Å²) in [6.07, 6.45) is 0. The number of nitrogens with one attached hydrogen (secondary N) is 1. The molecule has 0 saturated heterocycles. The molecule has 144 valence electrons. The first kappa shape index (κ1) is 19.4. The van der Waals surface area contributed by atoms with Gasteiger partial charge in [0.1, 0.15) is 5.82 Å². The lowest BCUT2D eigenvalue weighted by Gasteiger charge is -2.10. The molecule has 0 spiro atoms. The molecule has 1 N–H and O–H groups in total. The second-order valence-electron chi connectivity index (χ2n) is 6.56. The van der Waals surface area contributed by atoms with Crippen LogP contribution in [0.15, 0.2) is 83.3 Å². The summed E-state index contributed by atoms with van der Waals surface area (Å²) >= 11 is 9.86. The van der Waals surface area contributed by atoms with Crippen LogP contribution in [0.4, 0.5) is 5.82 Å². The van der Waals surface area contributed by atoms with Crippen LogP contribution in [0.5, 0.6) is 0 Å². The minimum absolute atomic E-state index is 0.214. The number of nitrogens with zero attached hydrogens (tertiary/aromatic N) is 2. The molecular weight excluding hydrogens is 450 g/mol. The van der Waals surface area contributed by atoms with E-state index in [1.807, 2.05) is 73.7 Å². The number of anilines is 1. The van der Waals surface area contributed by atoms with Crippen LogP contribution in [0.1, 0.15) is 15.9 Å². The lowest BCUT2D eigenvalue weighted by molar-refractivity contribution is 0.102. The Morgan fingerprint density at radius 2 is 1.72 bits per heavy atom. The molecule has 29 heavy (non-hydrogen) atoms. The summed E-state index contributed by atoms with van der Waals surface area (Å²) < 4.78 is 2.62. The zero-order valence-electron chi connectivity index (χ0n) is 15.6. The van der Waals surface area contributed by atoms with Gasteiger partial charge in [0.25, 0.3) is 5.91 Å². The van der Waals surface area contributed by atoms with Crippen LogP contribution in [-0.2, 0) is 0 Å². The van der Waals surface area contributed by atoms with E-state index in [1.165, 1.54) is 0 Å². The van der Waals surface area contributed by atoms with Gasteiger partial charge in [0, 0.05) is 21.7 Å². The highest BCUT2D eigenvalue weighted by molar-refractivity contribution is 9.10. The van der Waals surface area contributed by atoms with Crippen molar-refractivity contribution in [1.29, 1.82) is 0 Å². The zero-order valence-corrected chi connectivity index (χ0v) is 17.9. The van der Waals surface area contributed by atoms with Crippen molar-refractivity contribution in [2.45, 2.75) is 6.92 Å². The predicted molar refractivity (Wildman–Crippen MR) is 121 cm³/mol. The monoisotopic (exact) mass is 465 g/mol. The van der Waals surface area contributed by atoms with Crippen molar-refractivity contribution < 1.29 is 4.79 Å². The molecule has 0 atom stereocenters. The smallest absolute Gasteiger partial charge is 0.256 e. The highest BCUT2D eigenvalue weighted by atomic mass is 79.9. The molecule has 0 fully saturated rings. The summed E-state index contributed by atoms with van der Waals surface area (Å²) in [5.41, 5.74) is 3.95. The van der Waals surface area contributed by atoms with Crippen LogP contribution in [0.25, 0.3) is 16.9 Å². The van der Waals surface area contributed by atoms with Crippen molar-refractivity contribution >= 4 is 39.3 Å². The van der Waals surface area contributed by atoms with Crippen molar-refractivity contribution in [1.82, 2.24) is 9.78 Å². The number of halogens is 2. The minimum Gasteiger partial charge on any atom is -0.306 e. The first-order chi connectivity index (χ1) is 14.0. The molecule has 0 aliphatic heterocycles. The van der Waals surface area contributed by atoms with Crippen LogP contribution in [0.2, 0.25) is 5.02 Å². The number of aryl methyl sites for hydroxylation is 1. The minimum atomic E-state index is -0.214. The van der Waals surface area contributed by atoms with Crippen molar-refractivity contribution in [2.24, 2.45) is 0 Å². The molecule has 4 aromatic rings. The summed E-state index contributed by atoms with van der Waals surface area (Å²) in [5, 5.41) is 8.22. The fourth-order valence-electron chi connectivity index (χ4n) is 3.00. The van der Waals surface area contributed by atoms with Crippen LogP contribution in [0.3, 0.4) is 0 Å². The van der Waals surface area contributed by atoms with Gasteiger partial charge in [-0.25, -0.2) is 4.68 Å². The first-order valence-corrected chi connectivity index (χ1v) is 10.2. The van der Waals surface area contributed by atoms with E-state index in [-0.39, 0.29) is 5.91 Å². The van der Waals surface area contributed by atoms with E-state index < -0.39 is 0 Å². The number of rotatable bonds is 4. The molecular formula is C23H17BrClN3O. The lowest BCUT2D eigenvalue weighted by atomic mass is 10.1. The Morgan fingerprint density at radius 1 is 1.00 bits per heavy atom. The number of amides is 1. The number of hydrogen-bond acceptors (Lipinski definition) is 2. The maximum absolute atomic E-state index is 12.9. The summed E-state index contributed by atoms with van der Waals surface area (Å²) in [5.74, 6) is 0.330. The summed E-state index contributed by atoms with van der Waals surface area (Å²) in [7, 11) is 0. The van der Waals surface area contributed by atoms with Crippen molar-refractivity contribution in [3.63, 3.8) is 0 Å². The van der Waals surface area contributed by atoms with Gasteiger partial charge in [-0.3, -0.25) is 4.79 Å². The second kappa shape index (κ2) is 8.23. The molecule has 0 unspecified atom stereocenters. The molecule has 0 aliphatic rings. The summed E-state index contributed by atoms with van der Waals surface area (Å²) in [6.45, 7) is 1.95. The Hall–Kier alpha value is -2.89. The van der Waals surface area contributed by atoms with E-state index in [4.69, 9.17) is 16.7 Å². The fourth-order valence-corrected chi connectivity index (χ4v) is 3.46. The van der Waals surface area contributed by atoms with Gasteiger partial charge in [0.2, 0.25) is 0 Å². The molecule has 0 radical (unpaired) electrons. The zero-order chi connectivity index (χ0) is 20.4. The van der Waals surface area contributed by atoms with E-state index in [0.29, 0.717) is 22.1 Å². The van der Waals surface area contributed by atoms with Gasteiger partial charge >= 0.3 is 0 Å². The number of hydrogen-bond donors (Lipinski definition) is 1. The van der Waals surface area contributed by atoms with E-state index in [9.17, 15) is 4.79 Å². The van der Waals surface area contributed by atoms with Crippen LogP contribution < -0.4 is 5.32 Å². The quantitative estimate of drug-likeness (QED) is 0.372. The molecule has 4 nitrogen and oxygen atoms in total. The molecule has 6 heteroatoms. The van der Waals surface area contributed by atoms with Crippen LogP contribution in [-0.4, -0.2) is 15.7 Å². The van der Waals surface area contributed by atoms with Crippen LogP contribution in [0, 0.1) is 6.92 Å². The standard InChI is InChI=1S/C23H17BrClN3O/c1-15-13-17(11-12-18(15)24)23(29)26-22-14-20(16-7-3-2-4-8-16)27-28(22)21-10-6-5-9-19(21)25/h2-14H,1H3,(H,26,29). The number of carbonyl (C=O) groups is 1. The van der Waals surface area contributed by atoms with E-state index in [0.717, 1.165) is 21.3 Å². The lowest BCUT2D eigenvalue weighted by Crippen LogP contribution is -2.15. The average molecular weight is 467 g/mol. The number of para-hydroxylation sites is 1. The maximum atomic E-state index is 12.9. The average Bonchev–Trinajstić information content (AvgIpc) is 3.14. The van der Waals surface area contributed by atoms with E-state index in [2.05, 4.69) is 21.2 Å². The SMILES string of the molecule is Cc1cc(C(=O)Nc2cc(-c3ccccc3)nn2-c2ccccc2Cl)ccc1Br. The normalized spacial score (nSPS) is 10.7. The van der Waals surface area contributed by atoms with Gasteiger partial charge in [0.15, 0.2) is 0 Å². The summed E-state index contributed by atoms with van der Waals surface area (Å²) in [4.78, 5) is 12.9. The molecule has 0 saturated carbocycles. The number of carbonyl (C=O) groups excluding carboxylic acids is 1. The van der Waals surface area contributed by atoms with Gasteiger partial charge in [0.05, 0.1) is 16.4 Å². The summed E-state index contributed by atoms with van der Waals surface area (Å²) in [6, 6.07) is 24.5. The third-order valence-corrected chi connectivity index (χ3v) is 5.73. The highest BCUT2D eigenvalue weighted by Gasteiger charge is 2.16. The molecule has 1 heterocycles. The Balaban J connectivity index is 1.76. The third-order valence-electron chi connectivity index (χ3n) is 4.52. The largest absolute Gasteiger partial charge is 0.306 e. The topological polar surface area (TPSA) is 46.9 Å². The number of aromatic nitrogens is 2. The molecule has 3 aromatic carbocycles. The Morgan fingerprint density at radius 3 is 2.45 bits per heavy atom. The van der Waals surface area contributed by atoms with Gasteiger partial charge in [-0.1, -0.05) is 70.0 Å². The second-order valence-corrected chi connectivity index (χ2v) is 7.82. The van der Waals surface area contributed by atoms with E-state index in [1.54, 1.807) is 16.8 Å². The molecule has 0 bridgehead atoms. The Kier molecular flexibility index (Phi) is 5.51. The molecule has 0 aliphatic carbocycles. The van der Waals surface area contributed by atoms with Crippen LogP contribution >= 0.6 is 27.5 Å². The molecule has 1 aromatic heterocycles. The highest BCUT2D eigenvalue weighted by Crippen LogP contribution is 2.28. The van der Waals surface area contributed by atoms with Gasteiger partial charge in [-0.05, 0) is 42.8 Å².